The molecular weight excluding hydrogens is 425 g/mol. The second kappa shape index (κ2) is 8.52. The van der Waals surface area contributed by atoms with E-state index < -0.39 is 5.97 Å². The van der Waals surface area contributed by atoms with Crippen molar-refractivity contribution in [2.45, 2.75) is 25.7 Å². The van der Waals surface area contributed by atoms with Crippen molar-refractivity contribution in [2.24, 2.45) is 0 Å². The van der Waals surface area contributed by atoms with Crippen molar-refractivity contribution in [3.63, 3.8) is 0 Å². The molecule has 0 aliphatic rings. The molecule has 19 heavy (non-hydrogen) atoms. The number of rotatable bonds is 7. The lowest BCUT2D eigenvalue weighted by atomic mass is 10.2. The molecule has 0 bridgehead atoms. The number of benzene rings is 1. The van der Waals surface area contributed by atoms with Gasteiger partial charge in [0, 0.05) is 21.0 Å². The highest BCUT2D eigenvalue weighted by molar-refractivity contribution is 14.1. The minimum Gasteiger partial charge on any atom is -0.481 e. The summed E-state index contributed by atoms with van der Waals surface area (Å²) < 4.78 is 1.78. The summed E-state index contributed by atoms with van der Waals surface area (Å²) in [5.74, 6) is -0.864. The largest absolute Gasteiger partial charge is 0.481 e. The third-order valence-electron chi connectivity index (χ3n) is 2.53. The zero-order valence-electron chi connectivity index (χ0n) is 10.3. The van der Waals surface area contributed by atoms with Crippen molar-refractivity contribution >= 4 is 50.4 Å². The highest BCUT2D eigenvalue weighted by atomic mass is 127. The van der Waals surface area contributed by atoms with Gasteiger partial charge in [-0.2, -0.15) is 0 Å². The molecule has 0 aliphatic heterocycles. The molecule has 6 heteroatoms. The van der Waals surface area contributed by atoms with Crippen LogP contribution in [0.15, 0.2) is 22.7 Å². The van der Waals surface area contributed by atoms with E-state index in [2.05, 4.69) is 43.8 Å². The molecule has 104 valence electrons. The molecule has 0 saturated carbocycles. The molecule has 2 N–H and O–H groups in total. The number of amides is 1. The lowest BCUT2D eigenvalue weighted by Crippen LogP contribution is -2.25. The van der Waals surface area contributed by atoms with Gasteiger partial charge in [0.1, 0.15) is 0 Å². The fourth-order valence-corrected chi connectivity index (χ4v) is 2.49. The first-order valence-corrected chi connectivity index (χ1v) is 7.83. The molecule has 0 fully saturated rings. The molecule has 1 aromatic rings. The summed E-state index contributed by atoms with van der Waals surface area (Å²) in [6, 6.07) is 5.57. The number of nitrogens with one attached hydrogen (secondary N) is 1. The molecule has 0 radical (unpaired) electrons. The van der Waals surface area contributed by atoms with Crippen molar-refractivity contribution in [1.82, 2.24) is 5.32 Å². The molecule has 0 heterocycles. The van der Waals surface area contributed by atoms with Gasteiger partial charge in [-0.15, -0.1) is 0 Å². The lowest BCUT2D eigenvalue weighted by Gasteiger charge is -2.07. The van der Waals surface area contributed by atoms with E-state index >= 15 is 0 Å². The van der Waals surface area contributed by atoms with Crippen LogP contribution in [-0.4, -0.2) is 23.5 Å². The number of carbonyl (C=O) groups is 2. The van der Waals surface area contributed by atoms with E-state index in [1.807, 2.05) is 12.1 Å². The number of unbranched alkanes of at least 4 members (excludes halogenated alkanes) is 2. The molecular formula is C13H15BrINO3. The Balaban J connectivity index is 2.31. The van der Waals surface area contributed by atoms with Crippen molar-refractivity contribution in [1.29, 1.82) is 0 Å². The number of carbonyl (C=O) groups excluding carboxylic acids is 1. The van der Waals surface area contributed by atoms with Crippen molar-refractivity contribution in [2.75, 3.05) is 6.54 Å². The Kier molecular flexibility index (Phi) is 7.37. The van der Waals surface area contributed by atoms with Gasteiger partial charge in [-0.3, -0.25) is 9.59 Å². The maximum Gasteiger partial charge on any atom is 0.303 e. The van der Waals surface area contributed by atoms with Gasteiger partial charge in [0.15, 0.2) is 0 Å². The molecule has 0 unspecified atom stereocenters. The van der Waals surface area contributed by atoms with E-state index in [1.54, 1.807) is 6.07 Å². The first-order valence-electron chi connectivity index (χ1n) is 5.95. The van der Waals surface area contributed by atoms with Gasteiger partial charge in [-0.25, -0.2) is 0 Å². The number of halogens is 2. The average molecular weight is 440 g/mol. The Morgan fingerprint density at radius 3 is 2.68 bits per heavy atom. The molecule has 4 nitrogen and oxygen atoms in total. The normalized spacial score (nSPS) is 10.2. The van der Waals surface area contributed by atoms with Crippen molar-refractivity contribution in [3.8, 4) is 0 Å². The Labute approximate surface area is 134 Å². The summed E-state index contributed by atoms with van der Waals surface area (Å²) in [4.78, 5) is 22.2. The van der Waals surface area contributed by atoms with Gasteiger partial charge in [-0.1, -0.05) is 22.4 Å². The van der Waals surface area contributed by atoms with E-state index in [-0.39, 0.29) is 12.3 Å². The molecule has 0 saturated heterocycles. The van der Waals surface area contributed by atoms with E-state index in [0.29, 0.717) is 18.5 Å². The minimum absolute atomic E-state index is 0.0936. The van der Waals surface area contributed by atoms with Crippen molar-refractivity contribution < 1.29 is 14.7 Å². The fourth-order valence-electron chi connectivity index (χ4n) is 1.55. The van der Waals surface area contributed by atoms with Gasteiger partial charge in [0.05, 0.1) is 5.56 Å². The van der Waals surface area contributed by atoms with Crippen LogP contribution in [0.2, 0.25) is 0 Å². The summed E-state index contributed by atoms with van der Waals surface area (Å²) in [6.07, 6.45) is 2.45. The minimum atomic E-state index is -0.771. The van der Waals surface area contributed by atoms with E-state index in [4.69, 9.17) is 5.11 Å². The zero-order chi connectivity index (χ0) is 14.3. The Morgan fingerprint density at radius 2 is 2.00 bits per heavy atom. The third-order valence-corrected chi connectivity index (χ3v) is 3.96. The number of hydrogen-bond acceptors (Lipinski definition) is 2. The van der Waals surface area contributed by atoms with E-state index in [0.717, 1.165) is 20.9 Å². The second-order valence-corrected chi connectivity index (χ2v) is 6.16. The van der Waals surface area contributed by atoms with Gasteiger partial charge < -0.3 is 10.4 Å². The molecule has 1 amide bonds. The van der Waals surface area contributed by atoms with Crippen LogP contribution in [0.5, 0.6) is 0 Å². The number of aliphatic carboxylic acids is 1. The Bertz CT molecular complexity index is 465. The summed E-state index contributed by atoms with van der Waals surface area (Å²) >= 11 is 5.47. The topological polar surface area (TPSA) is 66.4 Å². The van der Waals surface area contributed by atoms with Gasteiger partial charge in [0.25, 0.3) is 5.91 Å². The molecule has 0 spiro atoms. The highest BCUT2D eigenvalue weighted by Gasteiger charge is 2.09. The fraction of sp³-hybridized carbons (Fsp3) is 0.385. The number of carboxylic acids is 1. The van der Waals surface area contributed by atoms with Crippen molar-refractivity contribution in [3.05, 3.63) is 31.8 Å². The monoisotopic (exact) mass is 439 g/mol. The standard InChI is InChI=1S/C13H15BrINO3/c14-9-5-6-11(15)10(8-9)13(19)16-7-3-1-2-4-12(17)18/h5-6,8H,1-4,7H2,(H,16,19)(H,17,18). The van der Waals surface area contributed by atoms with Crippen LogP contribution in [0, 0.1) is 3.57 Å². The summed E-state index contributed by atoms with van der Waals surface area (Å²) in [5.41, 5.74) is 0.653. The van der Waals surface area contributed by atoms with Crippen LogP contribution in [0.25, 0.3) is 0 Å². The quantitative estimate of drug-likeness (QED) is 0.505. The zero-order valence-corrected chi connectivity index (χ0v) is 14.0. The molecule has 0 atom stereocenters. The van der Waals surface area contributed by atoms with Crippen LogP contribution in [0.1, 0.15) is 36.0 Å². The van der Waals surface area contributed by atoms with Crippen LogP contribution in [0.4, 0.5) is 0 Å². The first kappa shape index (κ1) is 16.4. The Hall–Kier alpha value is -0.630. The van der Waals surface area contributed by atoms with Gasteiger partial charge in [-0.05, 0) is 53.6 Å². The Morgan fingerprint density at radius 1 is 1.26 bits per heavy atom. The summed E-state index contributed by atoms with van der Waals surface area (Å²) in [6.45, 7) is 0.570. The van der Waals surface area contributed by atoms with Crippen LogP contribution >= 0.6 is 38.5 Å². The second-order valence-electron chi connectivity index (χ2n) is 4.08. The SMILES string of the molecule is O=C(O)CCCCCNC(=O)c1cc(Br)ccc1I. The number of carboxylic acid groups (broad SMARTS) is 1. The predicted molar refractivity (Wildman–Crippen MR) is 85.3 cm³/mol. The van der Waals surface area contributed by atoms with Crippen LogP contribution < -0.4 is 5.32 Å². The molecule has 0 aromatic heterocycles. The van der Waals surface area contributed by atoms with Gasteiger partial charge >= 0.3 is 5.97 Å². The average Bonchev–Trinajstić information content (AvgIpc) is 2.36. The summed E-state index contributed by atoms with van der Waals surface area (Å²) in [5, 5.41) is 11.3. The maximum atomic E-state index is 11.9. The third kappa shape index (κ3) is 6.38. The van der Waals surface area contributed by atoms with Gasteiger partial charge in [0.2, 0.25) is 0 Å². The van der Waals surface area contributed by atoms with E-state index in [9.17, 15) is 9.59 Å². The number of hydrogen-bond donors (Lipinski definition) is 2. The molecule has 0 aliphatic carbocycles. The molecule has 1 aromatic carbocycles. The highest BCUT2D eigenvalue weighted by Crippen LogP contribution is 2.18. The van der Waals surface area contributed by atoms with E-state index in [1.165, 1.54) is 0 Å². The predicted octanol–water partition coefficient (Wildman–Crippen LogP) is 3.43. The maximum absolute atomic E-state index is 11.9. The van der Waals surface area contributed by atoms with Crippen LogP contribution in [0.3, 0.4) is 0 Å². The smallest absolute Gasteiger partial charge is 0.303 e. The lowest BCUT2D eigenvalue weighted by molar-refractivity contribution is -0.137. The summed E-state index contributed by atoms with van der Waals surface area (Å²) in [7, 11) is 0. The first-order chi connectivity index (χ1) is 9.00. The van der Waals surface area contributed by atoms with Crippen LogP contribution in [-0.2, 0) is 4.79 Å². The molecule has 1 rings (SSSR count).